The van der Waals surface area contributed by atoms with Crippen LogP contribution in [-0.2, 0) is 0 Å². The van der Waals surface area contributed by atoms with Crippen molar-refractivity contribution in [2.45, 2.75) is 30.9 Å². The molecule has 0 amide bonds. The molecule has 2 N–H and O–H groups in total. The van der Waals surface area contributed by atoms with Crippen molar-refractivity contribution < 1.29 is 9.13 Å². The molecule has 0 radical (unpaired) electrons. The molecule has 0 aliphatic heterocycles. The van der Waals surface area contributed by atoms with Crippen LogP contribution in [0.1, 0.15) is 20.8 Å². The molecule has 0 fully saturated rings. The fourth-order valence-electron chi connectivity index (χ4n) is 1.17. The lowest BCUT2D eigenvalue weighted by Crippen LogP contribution is -1.99. The van der Waals surface area contributed by atoms with E-state index < -0.39 is 5.82 Å². The highest BCUT2D eigenvalue weighted by molar-refractivity contribution is 8.00. The Kier molecular flexibility index (Phi) is 4.27. The lowest BCUT2D eigenvalue weighted by Gasteiger charge is -2.11. The zero-order valence-electron chi connectivity index (χ0n) is 9.21. The summed E-state index contributed by atoms with van der Waals surface area (Å²) < 4.78 is 18.5. The molecule has 4 heteroatoms. The van der Waals surface area contributed by atoms with E-state index in [-0.39, 0.29) is 5.75 Å². The highest BCUT2D eigenvalue weighted by atomic mass is 32.2. The van der Waals surface area contributed by atoms with Crippen LogP contribution in [-0.4, -0.2) is 11.9 Å². The minimum atomic E-state index is -0.401. The topological polar surface area (TPSA) is 35.2 Å². The Morgan fingerprint density at radius 3 is 2.67 bits per heavy atom. The van der Waals surface area contributed by atoms with Gasteiger partial charge in [0.25, 0.3) is 0 Å². The third kappa shape index (κ3) is 3.30. The number of nitrogen functional groups attached to an aromatic ring is 1. The van der Waals surface area contributed by atoms with Crippen LogP contribution < -0.4 is 10.5 Å². The second kappa shape index (κ2) is 5.26. The van der Waals surface area contributed by atoms with Crippen molar-refractivity contribution >= 4 is 17.4 Å². The number of hydrogen-bond acceptors (Lipinski definition) is 3. The largest absolute Gasteiger partial charge is 0.491 e. The van der Waals surface area contributed by atoms with Gasteiger partial charge in [0.15, 0.2) is 11.6 Å². The van der Waals surface area contributed by atoms with Gasteiger partial charge in [0, 0.05) is 21.9 Å². The Labute approximate surface area is 94.0 Å². The van der Waals surface area contributed by atoms with Gasteiger partial charge < -0.3 is 10.5 Å². The van der Waals surface area contributed by atoms with Crippen molar-refractivity contribution in [3.8, 4) is 5.75 Å². The van der Waals surface area contributed by atoms with Gasteiger partial charge in [-0.1, -0.05) is 13.8 Å². The number of benzene rings is 1. The molecule has 0 unspecified atom stereocenters. The van der Waals surface area contributed by atoms with E-state index in [9.17, 15) is 4.39 Å². The molecule has 1 rings (SSSR count). The molecular formula is C11H16FNOS. The second-order valence-corrected chi connectivity index (χ2v) is 5.04. The molecule has 2 nitrogen and oxygen atoms in total. The van der Waals surface area contributed by atoms with E-state index >= 15 is 0 Å². The van der Waals surface area contributed by atoms with Crippen LogP contribution >= 0.6 is 11.8 Å². The molecule has 15 heavy (non-hydrogen) atoms. The quantitative estimate of drug-likeness (QED) is 0.635. The molecule has 0 aliphatic rings. The van der Waals surface area contributed by atoms with Gasteiger partial charge in [-0.05, 0) is 13.0 Å². The average molecular weight is 229 g/mol. The summed E-state index contributed by atoms with van der Waals surface area (Å²) >= 11 is 1.60. The maximum Gasteiger partial charge on any atom is 0.167 e. The summed E-state index contributed by atoms with van der Waals surface area (Å²) in [4.78, 5) is 0.870. The normalized spacial score (nSPS) is 10.7. The standard InChI is InChI=1S/C11H16FNOS/c1-4-14-10-6-11(15-7(2)3)9(13)5-8(10)12/h5-7H,4,13H2,1-3H3. The lowest BCUT2D eigenvalue weighted by atomic mass is 10.3. The summed E-state index contributed by atoms with van der Waals surface area (Å²) in [6.07, 6.45) is 0. The molecule has 0 saturated heterocycles. The van der Waals surface area contributed by atoms with Gasteiger partial charge in [0.2, 0.25) is 0 Å². The van der Waals surface area contributed by atoms with E-state index in [2.05, 4.69) is 13.8 Å². The number of rotatable bonds is 4. The molecule has 1 aromatic rings. The minimum Gasteiger partial charge on any atom is -0.491 e. The number of ether oxygens (including phenoxy) is 1. The first-order valence-corrected chi connectivity index (χ1v) is 5.81. The minimum absolute atomic E-state index is 0.273. The first-order chi connectivity index (χ1) is 7.04. The number of thioether (sulfide) groups is 1. The first-order valence-electron chi connectivity index (χ1n) is 4.93. The average Bonchev–Trinajstić information content (AvgIpc) is 2.12. The Hall–Kier alpha value is -0.900. The smallest absolute Gasteiger partial charge is 0.167 e. The van der Waals surface area contributed by atoms with Gasteiger partial charge >= 0.3 is 0 Å². The molecule has 0 spiro atoms. The Morgan fingerprint density at radius 2 is 2.13 bits per heavy atom. The maximum absolute atomic E-state index is 13.3. The van der Waals surface area contributed by atoms with Crippen LogP contribution in [0.2, 0.25) is 0 Å². The third-order valence-electron chi connectivity index (χ3n) is 1.73. The van der Waals surface area contributed by atoms with Crippen molar-refractivity contribution in [2.24, 2.45) is 0 Å². The molecule has 0 bridgehead atoms. The highest BCUT2D eigenvalue weighted by Crippen LogP contribution is 2.33. The summed E-state index contributed by atoms with van der Waals surface area (Å²) in [6.45, 7) is 6.40. The van der Waals surface area contributed by atoms with Crippen LogP contribution in [0.4, 0.5) is 10.1 Å². The van der Waals surface area contributed by atoms with E-state index in [0.717, 1.165) is 4.90 Å². The molecule has 84 valence electrons. The summed E-state index contributed by atoms with van der Waals surface area (Å²) in [5.41, 5.74) is 6.19. The monoisotopic (exact) mass is 229 g/mol. The Morgan fingerprint density at radius 1 is 1.47 bits per heavy atom. The van der Waals surface area contributed by atoms with E-state index in [4.69, 9.17) is 10.5 Å². The highest BCUT2D eigenvalue weighted by Gasteiger charge is 2.10. The van der Waals surface area contributed by atoms with Crippen LogP contribution in [0.15, 0.2) is 17.0 Å². The van der Waals surface area contributed by atoms with Crippen molar-refractivity contribution in [1.82, 2.24) is 0 Å². The Bertz CT molecular complexity index is 342. The number of halogens is 1. The summed E-state index contributed by atoms with van der Waals surface area (Å²) in [7, 11) is 0. The zero-order valence-corrected chi connectivity index (χ0v) is 10.0. The molecule has 1 aromatic carbocycles. The number of anilines is 1. The molecule has 0 atom stereocenters. The van der Waals surface area contributed by atoms with Crippen LogP contribution in [0.3, 0.4) is 0 Å². The van der Waals surface area contributed by atoms with Crippen molar-refractivity contribution in [1.29, 1.82) is 0 Å². The number of hydrogen-bond donors (Lipinski definition) is 1. The van der Waals surface area contributed by atoms with Crippen molar-refractivity contribution in [3.63, 3.8) is 0 Å². The van der Waals surface area contributed by atoms with E-state index in [0.29, 0.717) is 17.5 Å². The maximum atomic E-state index is 13.3. The Balaban J connectivity index is 3.00. The first kappa shape index (κ1) is 12.2. The van der Waals surface area contributed by atoms with Crippen LogP contribution in [0.25, 0.3) is 0 Å². The van der Waals surface area contributed by atoms with Crippen LogP contribution in [0.5, 0.6) is 5.75 Å². The lowest BCUT2D eigenvalue weighted by molar-refractivity contribution is 0.321. The van der Waals surface area contributed by atoms with E-state index in [1.165, 1.54) is 6.07 Å². The van der Waals surface area contributed by atoms with Crippen molar-refractivity contribution in [2.75, 3.05) is 12.3 Å². The van der Waals surface area contributed by atoms with Gasteiger partial charge in [-0.25, -0.2) is 4.39 Å². The SMILES string of the molecule is CCOc1cc(SC(C)C)c(N)cc1F. The van der Waals surface area contributed by atoms with Crippen LogP contribution in [0, 0.1) is 5.82 Å². The fraction of sp³-hybridized carbons (Fsp3) is 0.455. The van der Waals surface area contributed by atoms with Gasteiger partial charge in [-0.15, -0.1) is 11.8 Å². The molecule has 0 heterocycles. The van der Waals surface area contributed by atoms with Gasteiger partial charge in [0.1, 0.15) is 0 Å². The van der Waals surface area contributed by atoms with Gasteiger partial charge in [-0.3, -0.25) is 0 Å². The summed E-state index contributed by atoms with van der Waals surface area (Å²) in [5.74, 6) is -0.127. The molecule has 0 saturated carbocycles. The predicted octanol–water partition coefficient (Wildman–Crippen LogP) is 3.31. The van der Waals surface area contributed by atoms with Crippen molar-refractivity contribution in [3.05, 3.63) is 17.9 Å². The van der Waals surface area contributed by atoms with Gasteiger partial charge in [0.05, 0.1) is 6.61 Å². The molecule has 0 aromatic heterocycles. The fourth-order valence-corrected chi connectivity index (χ4v) is 2.05. The molecular weight excluding hydrogens is 213 g/mol. The van der Waals surface area contributed by atoms with E-state index in [1.54, 1.807) is 17.8 Å². The zero-order chi connectivity index (χ0) is 11.4. The molecule has 0 aliphatic carbocycles. The van der Waals surface area contributed by atoms with E-state index in [1.807, 2.05) is 6.92 Å². The predicted molar refractivity (Wildman–Crippen MR) is 63.0 cm³/mol. The number of nitrogens with two attached hydrogens (primary N) is 1. The second-order valence-electron chi connectivity index (χ2n) is 3.42. The summed E-state index contributed by atoms with van der Waals surface area (Å²) in [5, 5.41) is 0.409. The third-order valence-corrected chi connectivity index (χ3v) is 2.81. The van der Waals surface area contributed by atoms with Gasteiger partial charge in [-0.2, -0.15) is 0 Å². The summed E-state index contributed by atoms with van der Waals surface area (Å²) in [6, 6.07) is 2.98.